The maximum atomic E-state index is 11.0. The molecule has 22 heavy (non-hydrogen) atoms. The first-order valence-corrected chi connectivity index (χ1v) is 7.02. The lowest BCUT2D eigenvalue weighted by atomic mass is 10.0. The van der Waals surface area contributed by atoms with Crippen LogP contribution < -0.4 is 5.73 Å². The van der Waals surface area contributed by atoms with Gasteiger partial charge in [-0.2, -0.15) is 0 Å². The number of methoxy groups -OCH3 is 1. The number of aromatic nitrogens is 3. The smallest absolute Gasteiger partial charge is 0.288 e. The van der Waals surface area contributed by atoms with Gasteiger partial charge in [0.1, 0.15) is 6.33 Å². The van der Waals surface area contributed by atoms with Gasteiger partial charge in [-0.1, -0.05) is 0 Å². The summed E-state index contributed by atoms with van der Waals surface area (Å²) in [5, 5.41) is 13.4. The predicted octanol–water partition coefficient (Wildman–Crippen LogP) is -0.328. The first-order chi connectivity index (χ1) is 10.4. The monoisotopic (exact) mass is 314 g/mol. The second-order valence-electron chi connectivity index (χ2n) is 5.63. The Morgan fingerprint density at radius 2 is 2.36 bits per heavy atom. The van der Waals surface area contributed by atoms with Crippen molar-refractivity contribution in [3.63, 3.8) is 0 Å². The Morgan fingerprint density at radius 3 is 2.91 bits per heavy atom. The molecule has 2 heterocycles. The summed E-state index contributed by atoms with van der Waals surface area (Å²) >= 11 is 0. The van der Waals surface area contributed by atoms with E-state index in [-0.39, 0.29) is 24.5 Å². The molecule has 0 radical (unpaired) electrons. The lowest BCUT2D eigenvalue weighted by Gasteiger charge is -2.26. The lowest BCUT2D eigenvalue weighted by molar-refractivity contribution is -0.206. The fourth-order valence-corrected chi connectivity index (χ4v) is 2.21. The van der Waals surface area contributed by atoms with E-state index < -0.39 is 17.9 Å². The average molecular weight is 314 g/mol. The maximum absolute atomic E-state index is 11.0. The number of hydrogen-bond donors (Lipinski definition) is 2. The molecular weight excluding hydrogens is 292 g/mol. The summed E-state index contributed by atoms with van der Waals surface area (Å²) in [6, 6.07) is 0. The highest BCUT2D eigenvalue weighted by Gasteiger charge is 2.37. The zero-order valence-corrected chi connectivity index (χ0v) is 12.9. The van der Waals surface area contributed by atoms with Crippen LogP contribution in [0.3, 0.4) is 0 Å². The van der Waals surface area contributed by atoms with E-state index in [1.807, 2.05) is 13.8 Å². The van der Waals surface area contributed by atoms with Gasteiger partial charge in [-0.15, -0.1) is 5.10 Å². The SMILES string of the molecule is COC(C)(C)OCC1C[C@H](n2cnc(C(N)=O)n2)O[C@@H]1CO. The van der Waals surface area contributed by atoms with Crippen LogP contribution in [-0.4, -0.2) is 58.0 Å². The van der Waals surface area contributed by atoms with Gasteiger partial charge >= 0.3 is 0 Å². The molecule has 1 saturated heterocycles. The molecule has 0 aliphatic carbocycles. The van der Waals surface area contributed by atoms with E-state index in [0.717, 1.165) is 0 Å². The van der Waals surface area contributed by atoms with Crippen molar-refractivity contribution in [2.24, 2.45) is 11.7 Å². The van der Waals surface area contributed by atoms with Gasteiger partial charge in [-0.25, -0.2) is 9.67 Å². The number of ether oxygens (including phenoxy) is 3. The minimum Gasteiger partial charge on any atom is -0.394 e. The number of nitrogens with zero attached hydrogens (tertiary/aromatic N) is 3. The summed E-state index contributed by atoms with van der Waals surface area (Å²) in [5.41, 5.74) is 5.13. The average Bonchev–Trinajstić information content (AvgIpc) is 3.11. The van der Waals surface area contributed by atoms with E-state index in [1.165, 1.54) is 11.0 Å². The Bertz CT molecular complexity index is 518. The molecule has 2 rings (SSSR count). The van der Waals surface area contributed by atoms with Crippen molar-refractivity contribution >= 4 is 5.91 Å². The fraction of sp³-hybridized carbons (Fsp3) is 0.769. The number of nitrogens with two attached hydrogens (primary N) is 1. The van der Waals surface area contributed by atoms with Crippen LogP contribution in [0.2, 0.25) is 0 Å². The molecule has 1 aliphatic heterocycles. The van der Waals surface area contributed by atoms with Gasteiger partial charge in [0.25, 0.3) is 5.91 Å². The molecule has 1 aromatic rings. The molecule has 0 spiro atoms. The van der Waals surface area contributed by atoms with E-state index >= 15 is 0 Å². The van der Waals surface area contributed by atoms with E-state index in [9.17, 15) is 9.90 Å². The van der Waals surface area contributed by atoms with Gasteiger partial charge in [0.2, 0.25) is 5.82 Å². The number of hydrogen-bond acceptors (Lipinski definition) is 7. The quantitative estimate of drug-likeness (QED) is 0.661. The number of carbonyl (C=O) groups is 1. The largest absolute Gasteiger partial charge is 0.394 e. The Hall–Kier alpha value is -1.55. The van der Waals surface area contributed by atoms with E-state index in [0.29, 0.717) is 13.0 Å². The summed E-state index contributed by atoms with van der Waals surface area (Å²) < 4.78 is 18.1. The molecule has 9 nitrogen and oxygen atoms in total. The zero-order valence-electron chi connectivity index (χ0n) is 12.9. The molecule has 1 amide bonds. The number of aliphatic hydroxyl groups is 1. The Balaban J connectivity index is 2.00. The molecule has 1 aromatic heterocycles. The number of rotatable bonds is 7. The van der Waals surface area contributed by atoms with E-state index in [4.69, 9.17) is 19.9 Å². The summed E-state index contributed by atoms with van der Waals surface area (Å²) in [7, 11) is 1.57. The molecule has 1 unspecified atom stereocenters. The van der Waals surface area contributed by atoms with Crippen LogP contribution in [0.4, 0.5) is 0 Å². The topological polar surface area (TPSA) is 122 Å². The molecule has 1 fully saturated rings. The fourth-order valence-electron chi connectivity index (χ4n) is 2.21. The maximum Gasteiger partial charge on any atom is 0.288 e. The van der Waals surface area contributed by atoms with Gasteiger partial charge in [-0.05, 0) is 13.8 Å². The third-order valence-electron chi connectivity index (χ3n) is 3.70. The van der Waals surface area contributed by atoms with Crippen LogP contribution in [0.15, 0.2) is 6.33 Å². The summed E-state index contributed by atoms with van der Waals surface area (Å²) in [6.07, 6.45) is 1.17. The van der Waals surface area contributed by atoms with Crippen molar-refractivity contribution in [1.82, 2.24) is 14.8 Å². The summed E-state index contributed by atoms with van der Waals surface area (Å²) in [5.74, 6) is -1.49. The Labute approximate surface area is 128 Å². The van der Waals surface area contributed by atoms with Gasteiger partial charge in [0.05, 0.1) is 19.3 Å². The third kappa shape index (κ3) is 3.80. The molecule has 9 heteroatoms. The Morgan fingerprint density at radius 1 is 1.64 bits per heavy atom. The standard InChI is InChI=1S/C13H22N4O5/c1-13(2,20-3)21-6-8-4-10(22-9(8)5-18)17-7-15-12(16-17)11(14)19/h7-10,18H,4-6H2,1-3H3,(H2,14,19)/t8?,9-,10-/m1/s1. The van der Waals surface area contributed by atoms with Crippen molar-refractivity contribution in [3.8, 4) is 0 Å². The highest BCUT2D eigenvalue weighted by Crippen LogP contribution is 2.33. The Kier molecular flexibility index (Phi) is 5.12. The molecule has 0 aromatic carbocycles. The predicted molar refractivity (Wildman–Crippen MR) is 74.7 cm³/mol. The number of amides is 1. The van der Waals surface area contributed by atoms with Crippen molar-refractivity contribution in [2.75, 3.05) is 20.3 Å². The van der Waals surface area contributed by atoms with Crippen molar-refractivity contribution in [2.45, 2.75) is 38.4 Å². The van der Waals surface area contributed by atoms with Crippen LogP contribution in [0.25, 0.3) is 0 Å². The first kappa shape index (κ1) is 16.8. The first-order valence-electron chi connectivity index (χ1n) is 7.02. The number of primary amides is 1. The minimum absolute atomic E-state index is 0.0225. The normalized spacial score (nSPS) is 25.5. The highest BCUT2D eigenvalue weighted by molar-refractivity contribution is 5.88. The molecule has 3 N–H and O–H groups in total. The van der Waals surface area contributed by atoms with Crippen molar-refractivity contribution < 1.29 is 24.1 Å². The third-order valence-corrected chi connectivity index (χ3v) is 3.70. The van der Waals surface area contributed by atoms with Crippen LogP contribution >= 0.6 is 0 Å². The molecular formula is C13H22N4O5. The van der Waals surface area contributed by atoms with Gasteiger partial charge in [0, 0.05) is 19.4 Å². The van der Waals surface area contributed by atoms with Crippen LogP contribution in [0, 0.1) is 5.92 Å². The van der Waals surface area contributed by atoms with Gasteiger partial charge < -0.3 is 25.1 Å². The van der Waals surface area contributed by atoms with E-state index in [1.54, 1.807) is 7.11 Å². The van der Waals surface area contributed by atoms with Crippen LogP contribution in [0.5, 0.6) is 0 Å². The van der Waals surface area contributed by atoms with Crippen LogP contribution in [0.1, 0.15) is 37.1 Å². The van der Waals surface area contributed by atoms with Gasteiger partial charge in [0.15, 0.2) is 12.0 Å². The van der Waals surface area contributed by atoms with Gasteiger partial charge in [-0.3, -0.25) is 4.79 Å². The van der Waals surface area contributed by atoms with Crippen molar-refractivity contribution in [1.29, 1.82) is 0 Å². The molecule has 3 atom stereocenters. The zero-order chi connectivity index (χ0) is 16.3. The minimum atomic E-state index is -0.704. The second-order valence-corrected chi connectivity index (χ2v) is 5.63. The molecule has 1 aliphatic rings. The van der Waals surface area contributed by atoms with Crippen LogP contribution in [-0.2, 0) is 14.2 Å². The molecule has 0 saturated carbocycles. The van der Waals surface area contributed by atoms with E-state index in [2.05, 4.69) is 10.1 Å². The number of carbonyl (C=O) groups excluding carboxylic acids is 1. The second kappa shape index (κ2) is 6.69. The lowest BCUT2D eigenvalue weighted by Crippen LogP contribution is -2.32. The van der Waals surface area contributed by atoms with Crippen molar-refractivity contribution in [3.05, 3.63) is 12.2 Å². The summed E-state index contributed by atoms with van der Waals surface area (Å²) in [4.78, 5) is 14.8. The molecule has 124 valence electrons. The molecule has 0 bridgehead atoms. The highest BCUT2D eigenvalue weighted by atomic mass is 16.7. The summed E-state index contributed by atoms with van der Waals surface area (Å²) in [6.45, 7) is 3.87. The number of aliphatic hydroxyl groups excluding tert-OH is 1.